The van der Waals surface area contributed by atoms with Gasteiger partial charge in [0.05, 0.1) is 0 Å². The largest absolute Gasteiger partial charge is 0.335 e. The van der Waals surface area contributed by atoms with Crippen molar-refractivity contribution < 1.29 is 9.18 Å². The lowest BCUT2D eigenvalue weighted by Gasteiger charge is -2.20. The number of benzene rings is 1. The van der Waals surface area contributed by atoms with Crippen molar-refractivity contribution in [2.45, 2.75) is 26.3 Å². The summed E-state index contributed by atoms with van der Waals surface area (Å²) in [5.41, 5.74) is 0.624. The molecule has 2 amide bonds. The van der Waals surface area contributed by atoms with Gasteiger partial charge in [0.25, 0.3) is 0 Å². The molecular formula is C13H19FN2O. The molecule has 0 saturated carbocycles. The van der Waals surface area contributed by atoms with Gasteiger partial charge < -0.3 is 10.2 Å². The molecule has 94 valence electrons. The van der Waals surface area contributed by atoms with Crippen LogP contribution in [0.5, 0.6) is 0 Å². The molecule has 0 unspecified atom stereocenters. The van der Waals surface area contributed by atoms with E-state index in [1.165, 1.54) is 6.07 Å². The molecule has 1 atom stereocenters. The standard InChI is InChI=1S/C13H19FN2O/c1-4-16(3)13(17)15-10(2)9-11-7-5-6-8-12(11)14/h5-8,10H,4,9H2,1-3H3,(H,15,17)/t10-/m1/s1. The van der Waals surface area contributed by atoms with Gasteiger partial charge in [-0.3, -0.25) is 0 Å². The summed E-state index contributed by atoms with van der Waals surface area (Å²) >= 11 is 0. The van der Waals surface area contributed by atoms with E-state index in [-0.39, 0.29) is 17.9 Å². The molecule has 0 heterocycles. The first-order chi connectivity index (χ1) is 8.04. The van der Waals surface area contributed by atoms with Crippen LogP contribution in [-0.2, 0) is 6.42 Å². The smallest absolute Gasteiger partial charge is 0.317 e. The third kappa shape index (κ3) is 4.06. The first-order valence-electron chi connectivity index (χ1n) is 5.79. The van der Waals surface area contributed by atoms with Gasteiger partial charge in [-0.05, 0) is 31.9 Å². The highest BCUT2D eigenvalue weighted by Gasteiger charge is 2.12. The van der Waals surface area contributed by atoms with E-state index in [2.05, 4.69) is 5.32 Å². The second-order valence-corrected chi connectivity index (χ2v) is 4.16. The van der Waals surface area contributed by atoms with E-state index in [9.17, 15) is 9.18 Å². The maximum Gasteiger partial charge on any atom is 0.317 e. The predicted octanol–water partition coefficient (Wildman–Crippen LogP) is 2.42. The molecule has 1 N–H and O–H groups in total. The second-order valence-electron chi connectivity index (χ2n) is 4.16. The van der Waals surface area contributed by atoms with Crippen molar-refractivity contribution >= 4 is 6.03 Å². The highest BCUT2D eigenvalue weighted by atomic mass is 19.1. The van der Waals surface area contributed by atoms with E-state index in [1.54, 1.807) is 30.1 Å². The maximum atomic E-state index is 13.4. The van der Waals surface area contributed by atoms with Gasteiger partial charge in [-0.25, -0.2) is 9.18 Å². The molecule has 0 aliphatic carbocycles. The van der Waals surface area contributed by atoms with E-state index in [4.69, 9.17) is 0 Å². The molecule has 1 aromatic rings. The molecule has 3 nitrogen and oxygen atoms in total. The van der Waals surface area contributed by atoms with Crippen LogP contribution in [0.3, 0.4) is 0 Å². The van der Waals surface area contributed by atoms with Gasteiger partial charge in [0.1, 0.15) is 5.82 Å². The fourth-order valence-electron chi connectivity index (χ4n) is 1.51. The summed E-state index contributed by atoms with van der Waals surface area (Å²) in [6, 6.07) is 6.41. The number of carbonyl (C=O) groups is 1. The molecule has 0 aliphatic heterocycles. The molecule has 0 bridgehead atoms. The molecule has 0 spiro atoms. The molecule has 1 rings (SSSR count). The van der Waals surface area contributed by atoms with Gasteiger partial charge in [0.15, 0.2) is 0 Å². The van der Waals surface area contributed by atoms with Crippen LogP contribution in [0.15, 0.2) is 24.3 Å². The average molecular weight is 238 g/mol. The van der Waals surface area contributed by atoms with Gasteiger partial charge in [-0.1, -0.05) is 18.2 Å². The van der Waals surface area contributed by atoms with Crippen molar-refractivity contribution in [3.8, 4) is 0 Å². The quantitative estimate of drug-likeness (QED) is 0.858. The van der Waals surface area contributed by atoms with Gasteiger partial charge in [0.2, 0.25) is 0 Å². The van der Waals surface area contributed by atoms with E-state index in [1.807, 2.05) is 13.8 Å². The van der Waals surface area contributed by atoms with Crippen molar-refractivity contribution in [1.82, 2.24) is 10.2 Å². The van der Waals surface area contributed by atoms with Crippen molar-refractivity contribution in [2.75, 3.05) is 13.6 Å². The Morgan fingerprint density at radius 2 is 2.12 bits per heavy atom. The molecular weight excluding hydrogens is 219 g/mol. The Morgan fingerprint density at radius 3 is 2.71 bits per heavy atom. The zero-order valence-electron chi connectivity index (χ0n) is 10.5. The molecule has 1 aromatic carbocycles. The minimum Gasteiger partial charge on any atom is -0.335 e. The van der Waals surface area contributed by atoms with Crippen LogP contribution in [0.1, 0.15) is 19.4 Å². The normalized spacial score (nSPS) is 12.0. The van der Waals surface area contributed by atoms with Crippen LogP contribution < -0.4 is 5.32 Å². The number of urea groups is 1. The minimum atomic E-state index is -0.225. The van der Waals surface area contributed by atoms with E-state index in [0.717, 1.165) is 0 Å². The molecule has 0 saturated heterocycles. The summed E-state index contributed by atoms with van der Waals surface area (Å²) in [5.74, 6) is -0.225. The molecule has 0 aromatic heterocycles. The van der Waals surface area contributed by atoms with Gasteiger partial charge in [-0.15, -0.1) is 0 Å². The van der Waals surface area contributed by atoms with Crippen LogP contribution in [0, 0.1) is 5.82 Å². The van der Waals surface area contributed by atoms with Crippen LogP contribution in [0.25, 0.3) is 0 Å². The SMILES string of the molecule is CCN(C)C(=O)N[C@H](C)Cc1ccccc1F. The number of nitrogens with zero attached hydrogens (tertiary/aromatic N) is 1. The van der Waals surface area contributed by atoms with Gasteiger partial charge in [-0.2, -0.15) is 0 Å². The number of nitrogens with one attached hydrogen (secondary N) is 1. The number of halogens is 1. The first-order valence-corrected chi connectivity index (χ1v) is 5.79. The van der Waals surface area contributed by atoms with Crippen molar-refractivity contribution in [1.29, 1.82) is 0 Å². The van der Waals surface area contributed by atoms with Gasteiger partial charge >= 0.3 is 6.03 Å². The number of rotatable bonds is 4. The summed E-state index contributed by atoms with van der Waals surface area (Å²) in [4.78, 5) is 13.2. The van der Waals surface area contributed by atoms with Crippen LogP contribution in [0.4, 0.5) is 9.18 Å². The van der Waals surface area contributed by atoms with Crippen LogP contribution in [0.2, 0.25) is 0 Å². The summed E-state index contributed by atoms with van der Waals surface area (Å²) in [7, 11) is 1.73. The molecule has 17 heavy (non-hydrogen) atoms. The summed E-state index contributed by atoms with van der Waals surface area (Å²) in [5, 5.41) is 2.83. The van der Waals surface area contributed by atoms with E-state index in [0.29, 0.717) is 18.5 Å². The zero-order chi connectivity index (χ0) is 12.8. The van der Waals surface area contributed by atoms with Crippen molar-refractivity contribution in [3.05, 3.63) is 35.6 Å². The first kappa shape index (κ1) is 13.5. The number of hydrogen-bond acceptors (Lipinski definition) is 1. The van der Waals surface area contributed by atoms with Gasteiger partial charge in [0, 0.05) is 19.6 Å². The summed E-state index contributed by atoms with van der Waals surface area (Å²) in [6.45, 7) is 4.42. The van der Waals surface area contributed by atoms with E-state index >= 15 is 0 Å². The topological polar surface area (TPSA) is 32.3 Å². The van der Waals surface area contributed by atoms with E-state index < -0.39 is 0 Å². The lowest BCUT2D eigenvalue weighted by molar-refractivity contribution is 0.207. The van der Waals surface area contributed by atoms with Crippen LogP contribution in [-0.4, -0.2) is 30.6 Å². The van der Waals surface area contributed by atoms with Crippen molar-refractivity contribution in [3.63, 3.8) is 0 Å². The molecule has 0 fully saturated rings. The molecule has 4 heteroatoms. The fraction of sp³-hybridized carbons (Fsp3) is 0.462. The summed E-state index contributed by atoms with van der Waals surface area (Å²) < 4.78 is 13.4. The Labute approximate surface area is 102 Å². The molecule has 0 radical (unpaired) electrons. The number of carbonyl (C=O) groups excluding carboxylic acids is 1. The predicted molar refractivity (Wildman–Crippen MR) is 66.4 cm³/mol. The monoisotopic (exact) mass is 238 g/mol. The fourth-order valence-corrected chi connectivity index (χ4v) is 1.51. The Bertz CT molecular complexity index is 381. The van der Waals surface area contributed by atoms with Crippen LogP contribution >= 0.6 is 0 Å². The third-order valence-corrected chi connectivity index (χ3v) is 2.67. The zero-order valence-corrected chi connectivity index (χ0v) is 10.5. The number of hydrogen-bond donors (Lipinski definition) is 1. The minimum absolute atomic E-state index is 0.0894. The maximum absolute atomic E-state index is 13.4. The molecule has 0 aliphatic rings. The summed E-state index contributed by atoms with van der Waals surface area (Å²) in [6.07, 6.45) is 0.496. The Kier molecular flexibility index (Phi) is 4.94. The highest BCUT2D eigenvalue weighted by molar-refractivity contribution is 5.74. The lowest BCUT2D eigenvalue weighted by Crippen LogP contribution is -2.42. The average Bonchev–Trinajstić information content (AvgIpc) is 2.31. The Morgan fingerprint density at radius 1 is 1.47 bits per heavy atom. The highest BCUT2D eigenvalue weighted by Crippen LogP contribution is 2.09. The third-order valence-electron chi connectivity index (χ3n) is 2.67. The number of amides is 2. The lowest BCUT2D eigenvalue weighted by atomic mass is 10.1. The Hall–Kier alpha value is -1.58. The second kappa shape index (κ2) is 6.23. The Balaban J connectivity index is 2.53. The van der Waals surface area contributed by atoms with Crippen molar-refractivity contribution in [2.24, 2.45) is 0 Å².